The van der Waals surface area contributed by atoms with E-state index in [1.165, 1.54) is 45.4 Å². The highest BCUT2D eigenvalue weighted by Crippen LogP contribution is 2.20. The predicted octanol–water partition coefficient (Wildman–Crippen LogP) is 3.89. The number of hydrogen-bond acceptors (Lipinski definition) is 2. The Morgan fingerprint density at radius 2 is 1.50 bits per heavy atom. The maximum atomic E-state index is 11.2. The molecule has 118 valence electrons. The van der Waals surface area contributed by atoms with Gasteiger partial charge in [-0.3, -0.25) is 9.59 Å². The van der Waals surface area contributed by atoms with Crippen molar-refractivity contribution < 1.29 is 14.7 Å². The van der Waals surface area contributed by atoms with E-state index in [-0.39, 0.29) is 12.3 Å². The number of carbonyl (C=O) groups is 2. The van der Waals surface area contributed by atoms with Gasteiger partial charge in [0, 0.05) is 12.5 Å². The zero-order valence-corrected chi connectivity index (χ0v) is 13.3. The quantitative estimate of drug-likeness (QED) is 0.535. The third-order valence-corrected chi connectivity index (χ3v) is 3.60. The summed E-state index contributed by atoms with van der Waals surface area (Å²) in [5.41, 5.74) is -0.611. The number of hydrogen-bond donors (Lipinski definition) is 2. The van der Waals surface area contributed by atoms with Crippen molar-refractivity contribution in [2.45, 2.75) is 90.5 Å². The monoisotopic (exact) mass is 285 g/mol. The van der Waals surface area contributed by atoms with Gasteiger partial charge in [-0.25, -0.2) is 0 Å². The van der Waals surface area contributed by atoms with Gasteiger partial charge >= 0.3 is 5.97 Å². The number of unbranched alkanes of at least 4 members (excludes halogenated alkanes) is 7. The summed E-state index contributed by atoms with van der Waals surface area (Å²) in [6.45, 7) is 5.48. The van der Waals surface area contributed by atoms with Gasteiger partial charge in [-0.2, -0.15) is 0 Å². The van der Waals surface area contributed by atoms with E-state index in [2.05, 4.69) is 12.2 Å². The van der Waals surface area contributed by atoms with E-state index >= 15 is 0 Å². The number of nitrogens with one attached hydrogen (secondary N) is 1. The zero-order valence-electron chi connectivity index (χ0n) is 13.3. The summed E-state index contributed by atoms with van der Waals surface area (Å²) < 4.78 is 0. The summed E-state index contributed by atoms with van der Waals surface area (Å²) in [6.07, 6.45) is 10.5. The molecular weight excluding hydrogens is 254 g/mol. The number of rotatable bonds is 12. The van der Waals surface area contributed by atoms with Crippen LogP contribution in [0.5, 0.6) is 0 Å². The van der Waals surface area contributed by atoms with Gasteiger partial charge in [0.2, 0.25) is 5.91 Å². The smallest absolute Gasteiger partial charge is 0.305 e. The first-order chi connectivity index (χ1) is 9.39. The van der Waals surface area contributed by atoms with E-state index in [1.54, 1.807) is 0 Å². The van der Waals surface area contributed by atoms with Gasteiger partial charge in [-0.05, 0) is 13.3 Å². The van der Waals surface area contributed by atoms with Crippen LogP contribution in [0.15, 0.2) is 0 Å². The molecule has 0 bridgehead atoms. The average Bonchev–Trinajstić information content (AvgIpc) is 2.30. The molecule has 0 aliphatic heterocycles. The fraction of sp³-hybridized carbons (Fsp3) is 0.875. The Hall–Kier alpha value is -1.06. The van der Waals surface area contributed by atoms with Gasteiger partial charge in [-0.15, -0.1) is 0 Å². The zero-order chi connectivity index (χ0) is 15.4. The van der Waals surface area contributed by atoms with E-state index in [0.717, 1.165) is 19.3 Å². The summed E-state index contributed by atoms with van der Waals surface area (Å²) in [5, 5.41) is 11.7. The molecule has 0 aromatic rings. The first-order valence-electron chi connectivity index (χ1n) is 7.90. The van der Waals surface area contributed by atoms with Crippen LogP contribution in [0.2, 0.25) is 0 Å². The molecule has 0 saturated carbocycles. The summed E-state index contributed by atoms with van der Waals surface area (Å²) >= 11 is 0. The number of carboxylic acids is 1. The fourth-order valence-corrected chi connectivity index (χ4v) is 2.60. The summed E-state index contributed by atoms with van der Waals surface area (Å²) in [4.78, 5) is 22.1. The minimum Gasteiger partial charge on any atom is -0.481 e. The molecule has 0 heterocycles. The lowest BCUT2D eigenvalue weighted by atomic mass is 9.90. The number of carboxylic acid groups (broad SMARTS) is 1. The van der Waals surface area contributed by atoms with Crippen LogP contribution in [0.4, 0.5) is 0 Å². The highest BCUT2D eigenvalue weighted by Gasteiger charge is 2.27. The van der Waals surface area contributed by atoms with Crippen LogP contribution in [0.25, 0.3) is 0 Å². The average molecular weight is 285 g/mol. The molecule has 4 heteroatoms. The van der Waals surface area contributed by atoms with Crippen LogP contribution >= 0.6 is 0 Å². The molecule has 0 spiro atoms. The summed E-state index contributed by atoms with van der Waals surface area (Å²) in [6, 6.07) is 0. The lowest BCUT2D eigenvalue weighted by Gasteiger charge is -2.28. The minimum atomic E-state index is -0.860. The van der Waals surface area contributed by atoms with E-state index in [0.29, 0.717) is 0 Å². The Morgan fingerprint density at radius 1 is 1.00 bits per heavy atom. The number of carbonyl (C=O) groups excluding carboxylic acids is 1. The predicted molar refractivity (Wildman–Crippen MR) is 81.7 cm³/mol. The number of aliphatic carboxylic acids is 1. The van der Waals surface area contributed by atoms with Crippen LogP contribution < -0.4 is 5.32 Å². The Balaban J connectivity index is 3.85. The molecule has 2 N–H and O–H groups in total. The molecule has 0 unspecified atom stereocenters. The van der Waals surface area contributed by atoms with Crippen molar-refractivity contribution in [2.75, 3.05) is 0 Å². The van der Waals surface area contributed by atoms with Crippen LogP contribution in [-0.4, -0.2) is 22.5 Å². The molecule has 0 aliphatic carbocycles. The number of amides is 1. The molecule has 0 rings (SSSR count). The molecule has 20 heavy (non-hydrogen) atoms. The van der Waals surface area contributed by atoms with Gasteiger partial charge in [0.15, 0.2) is 0 Å². The second-order valence-electron chi connectivity index (χ2n) is 6.04. The summed E-state index contributed by atoms with van der Waals surface area (Å²) in [7, 11) is 0. The van der Waals surface area contributed by atoms with Crippen molar-refractivity contribution >= 4 is 11.9 Å². The van der Waals surface area contributed by atoms with Crippen LogP contribution in [0, 0.1) is 0 Å². The van der Waals surface area contributed by atoms with Gasteiger partial charge in [0.05, 0.1) is 6.42 Å². The Kier molecular flexibility index (Phi) is 10.1. The third kappa shape index (κ3) is 10.8. The molecule has 1 amide bonds. The first-order valence-corrected chi connectivity index (χ1v) is 7.90. The lowest BCUT2D eigenvalue weighted by molar-refractivity contribution is -0.139. The van der Waals surface area contributed by atoms with Crippen LogP contribution in [0.1, 0.15) is 85.0 Å². The van der Waals surface area contributed by atoms with Crippen molar-refractivity contribution in [3.63, 3.8) is 0 Å². The van der Waals surface area contributed by atoms with E-state index in [9.17, 15) is 9.59 Å². The Morgan fingerprint density at radius 3 is 1.95 bits per heavy atom. The molecular formula is C16H31NO3. The van der Waals surface area contributed by atoms with Crippen LogP contribution in [-0.2, 0) is 9.59 Å². The van der Waals surface area contributed by atoms with Gasteiger partial charge in [0.1, 0.15) is 0 Å². The van der Waals surface area contributed by atoms with Crippen molar-refractivity contribution in [2.24, 2.45) is 0 Å². The van der Waals surface area contributed by atoms with E-state index in [4.69, 9.17) is 5.11 Å². The second kappa shape index (κ2) is 10.7. The second-order valence-corrected chi connectivity index (χ2v) is 6.04. The maximum absolute atomic E-state index is 11.2. The minimum absolute atomic E-state index is 0.0108. The normalized spacial score (nSPS) is 13.8. The first kappa shape index (κ1) is 18.9. The molecule has 0 radical (unpaired) electrons. The van der Waals surface area contributed by atoms with E-state index < -0.39 is 11.5 Å². The topological polar surface area (TPSA) is 66.4 Å². The Bertz CT molecular complexity index is 273. The molecule has 0 aromatic heterocycles. The third-order valence-electron chi connectivity index (χ3n) is 3.60. The van der Waals surface area contributed by atoms with Crippen molar-refractivity contribution in [1.82, 2.24) is 5.32 Å². The summed E-state index contributed by atoms with van der Waals surface area (Å²) in [5.74, 6) is -1.02. The van der Waals surface area contributed by atoms with Crippen LogP contribution in [0.3, 0.4) is 0 Å². The highest BCUT2D eigenvalue weighted by atomic mass is 16.4. The Labute approximate surface area is 123 Å². The standard InChI is InChI=1S/C16H31NO3/c1-4-5-6-7-8-9-10-11-12-16(3,13-15(19)20)17-14(2)18/h4-13H2,1-3H3,(H,17,18)(H,19,20)/t16-/m1/s1. The van der Waals surface area contributed by atoms with Crippen molar-refractivity contribution in [3.8, 4) is 0 Å². The van der Waals surface area contributed by atoms with E-state index in [1.807, 2.05) is 6.92 Å². The fourth-order valence-electron chi connectivity index (χ4n) is 2.60. The molecule has 0 fully saturated rings. The van der Waals surface area contributed by atoms with Gasteiger partial charge in [-0.1, -0.05) is 58.3 Å². The molecule has 1 atom stereocenters. The molecule has 0 saturated heterocycles. The van der Waals surface area contributed by atoms with Gasteiger partial charge < -0.3 is 10.4 Å². The van der Waals surface area contributed by atoms with Crippen molar-refractivity contribution in [1.29, 1.82) is 0 Å². The molecule has 0 aromatic carbocycles. The maximum Gasteiger partial charge on any atom is 0.305 e. The SMILES string of the molecule is CCCCCCCCCC[C@](C)(CC(=O)O)NC(C)=O. The van der Waals surface area contributed by atoms with Gasteiger partial charge in [0.25, 0.3) is 0 Å². The molecule has 0 aliphatic rings. The molecule has 4 nitrogen and oxygen atoms in total. The largest absolute Gasteiger partial charge is 0.481 e. The van der Waals surface area contributed by atoms with Crippen molar-refractivity contribution in [3.05, 3.63) is 0 Å². The highest BCUT2D eigenvalue weighted by molar-refractivity contribution is 5.75. The lowest BCUT2D eigenvalue weighted by Crippen LogP contribution is -2.46.